The number of urea groups is 1. The molecule has 0 spiro atoms. The second-order valence-electron chi connectivity index (χ2n) is 5.43. The topological polar surface area (TPSA) is 41.1 Å². The molecule has 2 amide bonds. The van der Waals surface area contributed by atoms with Gasteiger partial charge in [-0.3, -0.25) is 0 Å². The Labute approximate surface area is 113 Å². The predicted molar refractivity (Wildman–Crippen MR) is 74.7 cm³/mol. The molecule has 4 heteroatoms. The molecule has 2 atom stereocenters. The average Bonchev–Trinajstić information content (AvgIpc) is 2.36. The molecule has 1 aromatic rings. The Kier molecular flexibility index (Phi) is 4.40. The smallest absolute Gasteiger partial charge is 0.319 e. The van der Waals surface area contributed by atoms with Crippen molar-refractivity contribution < 1.29 is 9.18 Å². The van der Waals surface area contributed by atoms with Crippen molar-refractivity contribution in [3.63, 3.8) is 0 Å². The molecule has 3 nitrogen and oxygen atoms in total. The Hall–Kier alpha value is -1.58. The van der Waals surface area contributed by atoms with Gasteiger partial charge in [-0.15, -0.1) is 0 Å². The molecule has 1 aromatic carbocycles. The zero-order chi connectivity index (χ0) is 13.8. The van der Waals surface area contributed by atoms with Crippen molar-refractivity contribution in [2.45, 2.75) is 45.6 Å². The maximum Gasteiger partial charge on any atom is 0.319 e. The van der Waals surface area contributed by atoms with Gasteiger partial charge in [-0.2, -0.15) is 0 Å². The Morgan fingerprint density at radius 2 is 2.05 bits per heavy atom. The van der Waals surface area contributed by atoms with E-state index in [9.17, 15) is 9.18 Å². The number of hydrogen-bond acceptors (Lipinski definition) is 1. The van der Waals surface area contributed by atoms with Gasteiger partial charge in [-0.05, 0) is 49.4 Å². The highest BCUT2D eigenvalue weighted by Crippen LogP contribution is 2.24. The molecule has 1 saturated carbocycles. The fourth-order valence-corrected chi connectivity index (χ4v) is 2.62. The molecule has 1 fully saturated rings. The highest BCUT2D eigenvalue weighted by Gasteiger charge is 2.22. The fraction of sp³-hybridized carbons (Fsp3) is 0.533. The second kappa shape index (κ2) is 6.04. The lowest BCUT2D eigenvalue weighted by Crippen LogP contribution is -2.43. The van der Waals surface area contributed by atoms with Crippen LogP contribution in [0.4, 0.5) is 14.9 Å². The van der Waals surface area contributed by atoms with E-state index in [2.05, 4.69) is 17.6 Å². The number of amides is 2. The Balaban J connectivity index is 1.93. The van der Waals surface area contributed by atoms with Crippen LogP contribution in [0.3, 0.4) is 0 Å². The summed E-state index contributed by atoms with van der Waals surface area (Å²) in [7, 11) is 0. The van der Waals surface area contributed by atoms with E-state index < -0.39 is 0 Å². The molecular weight excluding hydrogens is 243 g/mol. The van der Waals surface area contributed by atoms with Crippen LogP contribution in [0.5, 0.6) is 0 Å². The van der Waals surface area contributed by atoms with Gasteiger partial charge in [-0.1, -0.05) is 19.8 Å². The Bertz CT molecular complexity index is 461. The normalized spacial score (nSPS) is 22.9. The van der Waals surface area contributed by atoms with Crippen molar-refractivity contribution in [1.29, 1.82) is 0 Å². The van der Waals surface area contributed by atoms with Gasteiger partial charge in [0.05, 0.1) is 0 Å². The van der Waals surface area contributed by atoms with Gasteiger partial charge >= 0.3 is 6.03 Å². The van der Waals surface area contributed by atoms with Crippen LogP contribution < -0.4 is 10.6 Å². The Morgan fingerprint density at radius 1 is 1.32 bits per heavy atom. The summed E-state index contributed by atoms with van der Waals surface area (Å²) in [5.74, 6) is 0.234. The number of benzene rings is 1. The number of nitrogens with one attached hydrogen (secondary N) is 2. The predicted octanol–water partition coefficient (Wildman–Crippen LogP) is 3.83. The number of halogens is 1. The molecule has 0 bridgehead atoms. The summed E-state index contributed by atoms with van der Waals surface area (Å²) < 4.78 is 13.0. The van der Waals surface area contributed by atoms with Crippen molar-refractivity contribution in [3.8, 4) is 0 Å². The quantitative estimate of drug-likeness (QED) is 0.837. The minimum atomic E-state index is -0.288. The van der Waals surface area contributed by atoms with E-state index in [4.69, 9.17) is 0 Å². The fourth-order valence-electron chi connectivity index (χ4n) is 2.62. The van der Waals surface area contributed by atoms with Crippen LogP contribution in [0.1, 0.15) is 38.2 Å². The van der Waals surface area contributed by atoms with Crippen molar-refractivity contribution in [2.75, 3.05) is 5.32 Å². The minimum Gasteiger partial charge on any atom is -0.335 e. The average molecular weight is 264 g/mol. The summed E-state index contributed by atoms with van der Waals surface area (Å²) in [5, 5.41) is 5.80. The van der Waals surface area contributed by atoms with Crippen LogP contribution in [-0.2, 0) is 0 Å². The first-order valence-corrected chi connectivity index (χ1v) is 6.90. The standard InChI is InChI=1S/C15H21FN2O/c1-10-5-3-4-6-13(10)17-15(19)18-14-8-7-12(16)9-11(14)2/h7-10,13H,3-6H2,1-2H3,(H2,17,18,19)/t10-,13+/m0/s1. The third kappa shape index (κ3) is 3.69. The largest absolute Gasteiger partial charge is 0.335 e. The van der Waals surface area contributed by atoms with Crippen LogP contribution in [0.25, 0.3) is 0 Å². The molecule has 0 radical (unpaired) electrons. The van der Waals surface area contributed by atoms with Gasteiger partial charge in [0.15, 0.2) is 0 Å². The van der Waals surface area contributed by atoms with Gasteiger partial charge in [-0.25, -0.2) is 9.18 Å². The van der Waals surface area contributed by atoms with Crippen LogP contribution in [0.15, 0.2) is 18.2 Å². The van der Waals surface area contributed by atoms with Crippen molar-refractivity contribution >= 4 is 11.7 Å². The summed E-state index contributed by atoms with van der Waals surface area (Å²) >= 11 is 0. The molecule has 0 saturated heterocycles. The molecule has 104 valence electrons. The highest BCUT2D eigenvalue weighted by molar-refractivity contribution is 5.90. The molecular formula is C15H21FN2O. The third-order valence-electron chi connectivity index (χ3n) is 3.86. The van der Waals surface area contributed by atoms with E-state index in [0.29, 0.717) is 11.6 Å². The number of anilines is 1. The first-order chi connectivity index (χ1) is 9.06. The van der Waals surface area contributed by atoms with E-state index in [1.807, 2.05) is 0 Å². The van der Waals surface area contributed by atoms with E-state index in [1.165, 1.54) is 31.4 Å². The molecule has 0 aliphatic heterocycles. The van der Waals surface area contributed by atoms with E-state index in [-0.39, 0.29) is 17.9 Å². The minimum absolute atomic E-state index is 0.201. The van der Waals surface area contributed by atoms with Gasteiger partial charge in [0.2, 0.25) is 0 Å². The lowest BCUT2D eigenvalue weighted by molar-refractivity contribution is 0.232. The molecule has 0 heterocycles. The van der Waals surface area contributed by atoms with Gasteiger partial charge in [0, 0.05) is 11.7 Å². The molecule has 2 rings (SSSR count). The summed E-state index contributed by atoms with van der Waals surface area (Å²) in [6.45, 7) is 3.95. The number of hydrogen-bond donors (Lipinski definition) is 2. The van der Waals surface area contributed by atoms with Crippen molar-refractivity contribution in [2.24, 2.45) is 5.92 Å². The zero-order valence-electron chi connectivity index (χ0n) is 11.5. The van der Waals surface area contributed by atoms with Gasteiger partial charge < -0.3 is 10.6 Å². The van der Waals surface area contributed by atoms with Gasteiger partial charge in [0.1, 0.15) is 5.82 Å². The summed E-state index contributed by atoms with van der Waals surface area (Å²) in [4.78, 5) is 11.9. The van der Waals surface area contributed by atoms with Crippen LogP contribution in [-0.4, -0.2) is 12.1 Å². The first-order valence-electron chi connectivity index (χ1n) is 6.90. The zero-order valence-corrected chi connectivity index (χ0v) is 11.5. The second-order valence-corrected chi connectivity index (χ2v) is 5.43. The van der Waals surface area contributed by atoms with E-state index in [1.54, 1.807) is 13.0 Å². The molecule has 0 unspecified atom stereocenters. The maximum absolute atomic E-state index is 13.0. The van der Waals surface area contributed by atoms with Crippen LogP contribution >= 0.6 is 0 Å². The number of aryl methyl sites for hydroxylation is 1. The number of rotatable bonds is 2. The van der Waals surface area contributed by atoms with Crippen LogP contribution in [0, 0.1) is 18.7 Å². The Morgan fingerprint density at radius 3 is 2.74 bits per heavy atom. The molecule has 1 aliphatic rings. The maximum atomic E-state index is 13.0. The molecule has 19 heavy (non-hydrogen) atoms. The summed E-state index contributed by atoms with van der Waals surface area (Å²) in [5.41, 5.74) is 1.38. The molecule has 2 N–H and O–H groups in total. The first kappa shape index (κ1) is 13.8. The van der Waals surface area contributed by atoms with Crippen molar-refractivity contribution in [1.82, 2.24) is 5.32 Å². The molecule has 1 aliphatic carbocycles. The number of carbonyl (C=O) groups is 1. The highest BCUT2D eigenvalue weighted by atomic mass is 19.1. The lowest BCUT2D eigenvalue weighted by Gasteiger charge is -2.29. The third-order valence-corrected chi connectivity index (χ3v) is 3.86. The van der Waals surface area contributed by atoms with Crippen LogP contribution in [0.2, 0.25) is 0 Å². The van der Waals surface area contributed by atoms with Gasteiger partial charge in [0.25, 0.3) is 0 Å². The lowest BCUT2D eigenvalue weighted by atomic mass is 9.86. The number of carbonyl (C=O) groups excluding carboxylic acids is 1. The monoisotopic (exact) mass is 264 g/mol. The van der Waals surface area contributed by atoms with E-state index >= 15 is 0 Å². The summed E-state index contributed by atoms with van der Waals surface area (Å²) in [6.07, 6.45) is 4.63. The van der Waals surface area contributed by atoms with E-state index in [0.717, 1.165) is 12.0 Å². The van der Waals surface area contributed by atoms with Crippen molar-refractivity contribution in [3.05, 3.63) is 29.6 Å². The SMILES string of the molecule is Cc1cc(F)ccc1NC(=O)N[C@@H]1CCCC[C@@H]1C. The summed E-state index contributed by atoms with van der Waals surface area (Å²) in [6, 6.07) is 4.40. The molecule has 0 aromatic heterocycles.